The SMILES string of the molecule is CC1(C)c2ccccc2S(=O)(=O)c2cc(-c3ccc4c(c3)oc3cc5c(c(-c6ccc7c(c6)S(=O)(=O)c6ccccc6C7(C)C)c34)-c3cccc4cccc-5c34)ccc21.[C-]#[N+]c1ccc(-c2cc(-c3ccc([N+]#[C-])cc3)c3oc4cc5c(c(-c6ccc([N+]#[C-])cc6)c4c3c2)-c2cccc3cccc-5c23)cc1. The van der Waals surface area contributed by atoms with Crippen LogP contribution in [0.15, 0.2) is 301 Å². The van der Waals surface area contributed by atoms with E-state index in [9.17, 15) is 16.8 Å². The van der Waals surface area contributed by atoms with Gasteiger partial charge in [-0.2, -0.15) is 0 Å². The Hall–Kier alpha value is -13.2. The van der Waals surface area contributed by atoms with Crippen molar-refractivity contribution in [2.75, 3.05) is 0 Å². The maximum atomic E-state index is 14.5. The van der Waals surface area contributed by atoms with Gasteiger partial charge >= 0.3 is 0 Å². The van der Waals surface area contributed by atoms with Crippen LogP contribution >= 0.6 is 0 Å². The lowest BCUT2D eigenvalue weighted by Gasteiger charge is -2.35. The van der Waals surface area contributed by atoms with E-state index >= 15 is 0 Å². The van der Waals surface area contributed by atoms with Crippen LogP contribution in [0.2, 0.25) is 0 Å². The summed E-state index contributed by atoms with van der Waals surface area (Å²) in [7, 11) is -7.59. The van der Waals surface area contributed by atoms with E-state index in [2.05, 4.69) is 151 Å². The minimum absolute atomic E-state index is 0.321. The molecule has 9 nitrogen and oxygen atoms in total. The number of benzene rings is 15. The number of sulfone groups is 2. The highest BCUT2D eigenvalue weighted by molar-refractivity contribution is 7.92. The first-order valence-corrected chi connectivity index (χ1v) is 38.0. The van der Waals surface area contributed by atoms with Gasteiger partial charge in [-0.05, 0) is 188 Å². The zero-order valence-corrected chi connectivity index (χ0v) is 59.2. The molecule has 0 fully saturated rings. The molecule has 2 aliphatic heterocycles. The van der Waals surface area contributed by atoms with Gasteiger partial charge in [-0.1, -0.05) is 240 Å². The van der Waals surface area contributed by atoms with Crippen LogP contribution < -0.4 is 0 Å². The highest BCUT2D eigenvalue weighted by Crippen LogP contribution is 2.59. The molecule has 2 aromatic heterocycles. The van der Waals surface area contributed by atoms with Crippen LogP contribution in [0.3, 0.4) is 0 Å². The summed E-state index contributed by atoms with van der Waals surface area (Å²) in [6, 6.07) is 89.8. The van der Waals surface area contributed by atoms with Gasteiger partial charge in [0, 0.05) is 49.1 Å². The van der Waals surface area contributed by atoms with Gasteiger partial charge in [-0.15, -0.1) is 0 Å². The van der Waals surface area contributed by atoms with E-state index in [1.807, 2.05) is 133 Å². The Balaban J connectivity index is 0.000000144. The van der Waals surface area contributed by atoms with Crippen molar-refractivity contribution in [1.82, 2.24) is 0 Å². The van der Waals surface area contributed by atoms with Crippen molar-refractivity contribution in [3.63, 3.8) is 0 Å². The van der Waals surface area contributed by atoms with Crippen LogP contribution in [0, 0.1) is 19.7 Å². The van der Waals surface area contributed by atoms with Gasteiger partial charge in [0.2, 0.25) is 19.7 Å². The molecule has 0 atom stereocenters. The molecule has 0 N–H and O–H groups in total. The van der Waals surface area contributed by atoms with E-state index in [4.69, 9.17) is 28.6 Å². The molecule has 0 bridgehead atoms. The van der Waals surface area contributed by atoms with E-state index in [0.29, 0.717) is 47.8 Å². The van der Waals surface area contributed by atoms with Crippen molar-refractivity contribution in [3.05, 3.63) is 329 Å². The smallest absolute Gasteiger partial charge is 0.207 e. The standard InChI is InChI=1S/C52H36O5S2.C43H21N3O/c1-51(2)37-15-5-7-17-43(37)58(53,54)45-26-31(20-23-39(45)51)30-19-22-34-41(25-30)57-42-28-36-33-13-9-11-29-12-10-14-35(47(29)33)49(36)48(50(34)42)32-21-24-40-46(27-32)59(55,56)44-18-8-6-16-38(44)52(40,3)4;1-44-30-16-10-25(11-17-30)29-22-35(26-12-18-31(45-2)19-13-26)43-37(23-29)42-38(47-43)24-36-33-8-4-6-27-7-5-9-34(39(27)33)41(36)40(42)28-14-20-32(46-3)21-15-28/h5-28H,1-4H3;4-24H. The Morgan fingerprint density at radius 2 is 0.698 bits per heavy atom. The third kappa shape index (κ3) is 8.84. The lowest BCUT2D eigenvalue weighted by Crippen LogP contribution is -2.29. The second-order valence-electron chi connectivity index (χ2n) is 29.0. The van der Waals surface area contributed by atoms with E-state index in [1.165, 1.54) is 27.3 Å². The summed E-state index contributed by atoms with van der Waals surface area (Å²) < 4.78 is 70.9. The van der Waals surface area contributed by atoms with Gasteiger partial charge in [-0.25, -0.2) is 31.4 Å². The van der Waals surface area contributed by atoms with Crippen LogP contribution in [0.5, 0.6) is 0 Å². The van der Waals surface area contributed by atoms with Gasteiger partial charge in [0.25, 0.3) is 0 Å². The lowest BCUT2D eigenvalue weighted by atomic mass is 9.77. The van der Waals surface area contributed by atoms with Crippen LogP contribution in [-0.2, 0) is 30.5 Å². The predicted molar refractivity (Wildman–Crippen MR) is 425 cm³/mol. The third-order valence-electron chi connectivity index (χ3n) is 22.7. The molecule has 0 amide bonds. The highest BCUT2D eigenvalue weighted by Gasteiger charge is 2.43. The van der Waals surface area contributed by atoms with E-state index in [1.54, 1.807) is 30.3 Å². The molecule has 0 spiro atoms. The van der Waals surface area contributed by atoms with Gasteiger partial charge in [0.05, 0.1) is 39.3 Å². The summed E-state index contributed by atoms with van der Waals surface area (Å²) in [5.41, 5.74) is 25.0. The van der Waals surface area contributed by atoms with E-state index in [-0.39, 0.29) is 0 Å². The molecular weight excluding hydrogens is 1340 g/mol. The topological polar surface area (TPSA) is 108 Å². The molecule has 21 rings (SSSR count). The molecule has 500 valence electrons. The first-order valence-electron chi connectivity index (χ1n) is 35.0. The van der Waals surface area contributed by atoms with Crippen molar-refractivity contribution in [3.8, 4) is 100 Å². The van der Waals surface area contributed by atoms with E-state index < -0.39 is 30.5 Å². The lowest BCUT2D eigenvalue weighted by molar-refractivity contribution is 0.555. The monoisotopic (exact) mass is 1400 g/mol. The number of rotatable bonds is 5. The van der Waals surface area contributed by atoms with Crippen molar-refractivity contribution in [1.29, 1.82) is 0 Å². The van der Waals surface area contributed by atoms with Crippen molar-refractivity contribution >= 4 is 102 Å². The van der Waals surface area contributed by atoms with Crippen molar-refractivity contribution in [2.45, 2.75) is 58.1 Å². The molecule has 0 saturated carbocycles. The predicted octanol–water partition coefficient (Wildman–Crippen LogP) is 25.7. The van der Waals surface area contributed by atoms with Crippen LogP contribution in [-0.4, -0.2) is 16.8 Å². The number of hydrogen-bond donors (Lipinski definition) is 0. The summed E-state index contributed by atoms with van der Waals surface area (Å²) >= 11 is 0. The number of fused-ring (bicyclic) bond motifs is 16. The zero-order chi connectivity index (χ0) is 72.0. The number of furan rings is 2. The molecule has 4 aliphatic rings. The average Bonchev–Trinajstić information content (AvgIpc) is 1.08. The summed E-state index contributed by atoms with van der Waals surface area (Å²) in [6.07, 6.45) is 0. The van der Waals surface area contributed by atoms with Crippen LogP contribution in [0.25, 0.3) is 180 Å². The van der Waals surface area contributed by atoms with E-state index in [0.717, 1.165) is 149 Å². The van der Waals surface area contributed by atoms with Crippen molar-refractivity contribution in [2.24, 2.45) is 0 Å². The molecule has 0 radical (unpaired) electrons. The summed E-state index contributed by atoms with van der Waals surface area (Å²) in [6.45, 7) is 30.8. The molecule has 0 unspecified atom stereocenters. The fraction of sp³-hybridized carbons (Fsp3) is 0.0632. The normalized spacial score (nSPS) is 14.5. The Bertz CT molecular complexity index is 7230. The number of nitrogens with zero attached hydrogens (tertiary/aromatic N) is 3. The zero-order valence-electron chi connectivity index (χ0n) is 57.6. The van der Waals surface area contributed by atoms with Gasteiger partial charge in [-0.3, -0.25) is 0 Å². The number of hydrogen-bond acceptors (Lipinski definition) is 6. The third-order valence-corrected chi connectivity index (χ3v) is 26.4. The Morgan fingerprint density at radius 3 is 1.23 bits per heavy atom. The minimum atomic E-state index is -3.83. The van der Waals surface area contributed by atoms with Crippen LogP contribution in [0.1, 0.15) is 49.9 Å². The Morgan fingerprint density at radius 1 is 0.283 bits per heavy atom. The molecule has 4 heterocycles. The Labute approximate surface area is 611 Å². The molecular formula is C95H57N3O6S2. The summed E-state index contributed by atoms with van der Waals surface area (Å²) in [4.78, 5) is 12.2. The maximum absolute atomic E-state index is 14.5. The fourth-order valence-electron chi connectivity index (χ4n) is 17.6. The Kier molecular flexibility index (Phi) is 13.2. The van der Waals surface area contributed by atoms with Gasteiger partial charge in [0.15, 0.2) is 17.1 Å². The first kappa shape index (κ1) is 62.6. The summed E-state index contributed by atoms with van der Waals surface area (Å²) in [5, 5.41) is 8.51. The van der Waals surface area contributed by atoms with Crippen molar-refractivity contribution < 1.29 is 25.7 Å². The first-order chi connectivity index (χ1) is 51.4. The van der Waals surface area contributed by atoms with Crippen LogP contribution in [0.4, 0.5) is 17.1 Å². The van der Waals surface area contributed by atoms with Gasteiger partial charge < -0.3 is 8.83 Å². The second-order valence-corrected chi connectivity index (χ2v) is 32.7. The van der Waals surface area contributed by atoms with Gasteiger partial charge in [0.1, 0.15) is 22.3 Å². The fourth-order valence-corrected chi connectivity index (χ4v) is 21.6. The molecule has 17 aromatic rings. The second kappa shape index (κ2) is 22.4. The summed E-state index contributed by atoms with van der Waals surface area (Å²) in [5.74, 6) is 0. The quantitative estimate of drug-likeness (QED) is 0.159. The highest BCUT2D eigenvalue weighted by atomic mass is 32.2. The largest absolute Gasteiger partial charge is 0.456 e. The molecule has 15 aromatic carbocycles. The maximum Gasteiger partial charge on any atom is 0.207 e. The molecule has 2 aliphatic carbocycles. The minimum Gasteiger partial charge on any atom is -0.456 e. The molecule has 11 heteroatoms. The molecule has 106 heavy (non-hydrogen) atoms. The molecule has 0 saturated heterocycles. The average molecular weight is 1400 g/mol.